The molecule has 0 aliphatic rings. The molecule has 0 saturated carbocycles. The van der Waals surface area contributed by atoms with Crippen LogP contribution >= 0.6 is 0 Å². The lowest BCUT2D eigenvalue weighted by Crippen LogP contribution is -2.01. The molecular formula is C16H11NO3. The zero-order chi connectivity index (χ0) is 13.9. The van der Waals surface area contributed by atoms with Gasteiger partial charge in [-0.25, -0.2) is 0 Å². The summed E-state index contributed by atoms with van der Waals surface area (Å²) >= 11 is 0. The second-order valence-electron chi connectivity index (χ2n) is 4.27. The van der Waals surface area contributed by atoms with Gasteiger partial charge >= 0.3 is 0 Å². The molecule has 3 rings (SSSR count). The molecule has 0 aliphatic heterocycles. The number of aromatic nitrogens is 1. The lowest BCUT2D eigenvalue weighted by molar-refractivity contribution is 0.102. The van der Waals surface area contributed by atoms with Gasteiger partial charge in [0.2, 0.25) is 11.5 Å². The number of hydrogen-bond acceptors (Lipinski definition) is 4. The van der Waals surface area contributed by atoms with Crippen molar-refractivity contribution in [3.8, 4) is 17.1 Å². The van der Waals surface area contributed by atoms with E-state index in [0.717, 1.165) is 0 Å². The SMILES string of the molecule is O=C(c1ccccc1)c1noc(-c2ccccc2)c1O. The van der Waals surface area contributed by atoms with Gasteiger partial charge < -0.3 is 9.63 Å². The summed E-state index contributed by atoms with van der Waals surface area (Å²) < 4.78 is 5.10. The Bertz CT molecular complexity index is 733. The van der Waals surface area contributed by atoms with Crippen LogP contribution in [0.1, 0.15) is 16.1 Å². The van der Waals surface area contributed by atoms with Crippen LogP contribution in [-0.2, 0) is 0 Å². The molecule has 98 valence electrons. The minimum absolute atomic E-state index is 0.0740. The number of carbonyl (C=O) groups excluding carboxylic acids is 1. The quantitative estimate of drug-likeness (QED) is 0.738. The number of rotatable bonds is 3. The Balaban J connectivity index is 2.01. The van der Waals surface area contributed by atoms with Crippen LogP contribution < -0.4 is 0 Å². The summed E-state index contributed by atoms with van der Waals surface area (Å²) in [6, 6.07) is 17.7. The van der Waals surface area contributed by atoms with E-state index < -0.39 is 0 Å². The van der Waals surface area contributed by atoms with Crippen molar-refractivity contribution in [1.29, 1.82) is 0 Å². The van der Waals surface area contributed by atoms with Crippen molar-refractivity contribution in [3.63, 3.8) is 0 Å². The molecule has 0 fully saturated rings. The molecule has 0 spiro atoms. The fourth-order valence-corrected chi connectivity index (χ4v) is 1.94. The third-order valence-electron chi connectivity index (χ3n) is 2.95. The molecule has 4 heteroatoms. The number of carbonyl (C=O) groups is 1. The van der Waals surface area contributed by atoms with Gasteiger partial charge in [-0.3, -0.25) is 4.79 Å². The summed E-state index contributed by atoms with van der Waals surface area (Å²) in [4.78, 5) is 12.2. The van der Waals surface area contributed by atoms with Gasteiger partial charge in [0, 0.05) is 11.1 Å². The van der Waals surface area contributed by atoms with Crippen LogP contribution in [0.2, 0.25) is 0 Å². The van der Waals surface area contributed by atoms with Crippen LogP contribution in [-0.4, -0.2) is 16.0 Å². The predicted octanol–water partition coefficient (Wildman–Crippen LogP) is 3.28. The van der Waals surface area contributed by atoms with E-state index in [1.54, 1.807) is 36.4 Å². The molecule has 2 aromatic carbocycles. The van der Waals surface area contributed by atoms with Gasteiger partial charge in [0.1, 0.15) is 0 Å². The highest BCUT2D eigenvalue weighted by Crippen LogP contribution is 2.32. The Morgan fingerprint density at radius 3 is 2.20 bits per heavy atom. The van der Waals surface area contributed by atoms with Gasteiger partial charge in [-0.1, -0.05) is 65.8 Å². The summed E-state index contributed by atoms with van der Waals surface area (Å²) in [6.45, 7) is 0. The summed E-state index contributed by atoms with van der Waals surface area (Å²) in [6.07, 6.45) is 0. The Morgan fingerprint density at radius 1 is 0.950 bits per heavy atom. The molecule has 4 nitrogen and oxygen atoms in total. The summed E-state index contributed by atoms with van der Waals surface area (Å²) in [5.74, 6) is -0.399. The second kappa shape index (κ2) is 5.01. The smallest absolute Gasteiger partial charge is 0.218 e. The maximum absolute atomic E-state index is 12.2. The standard InChI is InChI=1S/C16H11NO3/c18-14(11-7-3-1-4-8-11)13-15(19)16(20-17-13)12-9-5-2-6-10-12/h1-10,19H. The molecule has 0 atom stereocenters. The predicted molar refractivity (Wildman–Crippen MR) is 73.5 cm³/mol. The van der Waals surface area contributed by atoms with E-state index >= 15 is 0 Å². The van der Waals surface area contributed by atoms with Crippen molar-refractivity contribution < 1.29 is 14.4 Å². The second-order valence-corrected chi connectivity index (χ2v) is 4.27. The van der Waals surface area contributed by atoms with Crippen LogP contribution in [0.5, 0.6) is 5.75 Å². The number of ketones is 1. The van der Waals surface area contributed by atoms with Crippen molar-refractivity contribution in [2.75, 3.05) is 0 Å². The maximum Gasteiger partial charge on any atom is 0.218 e. The first-order valence-corrected chi connectivity index (χ1v) is 6.11. The van der Waals surface area contributed by atoms with Gasteiger partial charge in [-0.15, -0.1) is 0 Å². The van der Waals surface area contributed by atoms with Gasteiger partial charge in [-0.2, -0.15) is 0 Å². The summed E-state index contributed by atoms with van der Waals surface area (Å²) in [7, 11) is 0. The molecule has 0 unspecified atom stereocenters. The van der Waals surface area contributed by atoms with E-state index in [1.807, 2.05) is 24.3 Å². The molecular weight excluding hydrogens is 254 g/mol. The minimum Gasteiger partial charge on any atom is -0.502 e. The van der Waals surface area contributed by atoms with Gasteiger partial charge in [0.15, 0.2) is 11.4 Å². The van der Waals surface area contributed by atoms with E-state index in [1.165, 1.54) is 0 Å². The zero-order valence-corrected chi connectivity index (χ0v) is 10.5. The van der Waals surface area contributed by atoms with Crippen LogP contribution in [0.3, 0.4) is 0 Å². The van der Waals surface area contributed by atoms with Gasteiger partial charge in [0.25, 0.3) is 0 Å². The fourth-order valence-electron chi connectivity index (χ4n) is 1.94. The Morgan fingerprint density at radius 2 is 1.55 bits per heavy atom. The first kappa shape index (κ1) is 12.2. The first-order chi connectivity index (χ1) is 9.77. The van der Waals surface area contributed by atoms with Gasteiger partial charge in [-0.05, 0) is 0 Å². The molecule has 1 N–H and O–H groups in total. The lowest BCUT2D eigenvalue weighted by Gasteiger charge is -1.97. The number of benzene rings is 2. The number of hydrogen-bond donors (Lipinski definition) is 1. The van der Waals surface area contributed by atoms with Crippen molar-refractivity contribution in [2.24, 2.45) is 0 Å². The third-order valence-corrected chi connectivity index (χ3v) is 2.95. The highest BCUT2D eigenvalue weighted by atomic mass is 16.5. The number of aromatic hydroxyl groups is 1. The minimum atomic E-state index is -0.367. The highest BCUT2D eigenvalue weighted by molar-refractivity contribution is 6.10. The van der Waals surface area contributed by atoms with E-state index in [2.05, 4.69) is 5.16 Å². The number of nitrogens with zero attached hydrogens (tertiary/aromatic N) is 1. The van der Waals surface area contributed by atoms with Crippen LogP contribution in [0.15, 0.2) is 65.2 Å². The van der Waals surface area contributed by atoms with Crippen molar-refractivity contribution in [3.05, 3.63) is 71.9 Å². The molecule has 1 heterocycles. The Hall–Kier alpha value is -2.88. The fraction of sp³-hybridized carbons (Fsp3) is 0. The van der Waals surface area contributed by atoms with Crippen molar-refractivity contribution in [1.82, 2.24) is 5.16 Å². The summed E-state index contributed by atoms with van der Waals surface area (Å²) in [5, 5.41) is 13.8. The zero-order valence-electron chi connectivity index (χ0n) is 10.5. The largest absolute Gasteiger partial charge is 0.502 e. The molecule has 0 amide bonds. The molecule has 0 radical (unpaired) electrons. The summed E-state index contributed by atoms with van der Waals surface area (Å²) in [5.41, 5.74) is 1.05. The van der Waals surface area contributed by atoms with Gasteiger partial charge in [0.05, 0.1) is 0 Å². The van der Waals surface area contributed by atoms with Crippen molar-refractivity contribution in [2.45, 2.75) is 0 Å². The van der Waals surface area contributed by atoms with Crippen LogP contribution in [0, 0.1) is 0 Å². The normalized spacial score (nSPS) is 10.4. The van der Waals surface area contributed by atoms with Crippen LogP contribution in [0.25, 0.3) is 11.3 Å². The third kappa shape index (κ3) is 2.07. The highest BCUT2D eigenvalue weighted by Gasteiger charge is 2.23. The van der Waals surface area contributed by atoms with E-state index in [0.29, 0.717) is 11.1 Å². The molecule has 0 saturated heterocycles. The molecule has 0 aliphatic carbocycles. The maximum atomic E-state index is 12.2. The molecule has 20 heavy (non-hydrogen) atoms. The first-order valence-electron chi connectivity index (χ1n) is 6.11. The topological polar surface area (TPSA) is 63.3 Å². The van der Waals surface area contributed by atoms with E-state index in [-0.39, 0.29) is 23.0 Å². The average Bonchev–Trinajstić information content (AvgIpc) is 2.90. The Labute approximate surface area is 115 Å². The Kier molecular flexibility index (Phi) is 3.05. The molecule has 1 aromatic heterocycles. The van der Waals surface area contributed by atoms with E-state index in [9.17, 15) is 9.90 Å². The average molecular weight is 265 g/mol. The molecule has 3 aromatic rings. The molecule has 0 bridgehead atoms. The van der Waals surface area contributed by atoms with E-state index in [4.69, 9.17) is 4.52 Å². The lowest BCUT2D eigenvalue weighted by atomic mass is 10.1. The van der Waals surface area contributed by atoms with Crippen molar-refractivity contribution >= 4 is 5.78 Å². The monoisotopic (exact) mass is 265 g/mol. The van der Waals surface area contributed by atoms with Crippen LogP contribution in [0.4, 0.5) is 0 Å².